The van der Waals surface area contributed by atoms with Crippen molar-refractivity contribution in [3.63, 3.8) is 0 Å². The molecule has 6 nitrogen and oxygen atoms in total. The van der Waals surface area contributed by atoms with Crippen LogP contribution in [0.15, 0.2) is 30.5 Å². The molecule has 2 atom stereocenters. The average molecular weight is 457 g/mol. The Morgan fingerprint density at radius 1 is 1.27 bits per heavy atom. The number of hydrogen-bond donors (Lipinski definition) is 2. The Morgan fingerprint density at radius 3 is 2.55 bits per heavy atom. The lowest BCUT2D eigenvalue weighted by Gasteiger charge is -2.39. The minimum absolute atomic E-state index is 0.0745. The summed E-state index contributed by atoms with van der Waals surface area (Å²) in [7, 11) is 0. The number of aryl methyl sites for hydroxylation is 2. The average Bonchev–Trinajstić information content (AvgIpc) is 3.15. The molecule has 33 heavy (non-hydrogen) atoms. The van der Waals surface area contributed by atoms with Gasteiger partial charge in [-0.25, -0.2) is 13.8 Å². The largest absolute Gasteiger partial charge is 0.485 e. The number of carbonyl (C=O) groups excluding carboxylic acids is 1. The first-order valence-corrected chi connectivity index (χ1v) is 11.1. The van der Waals surface area contributed by atoms with Crippen molar-refractivity contribution in [3.05, 3.63) is 64.6 Å². The third-order valence-corrected chi connectivity index (χ3v) is 7.25. The van der Waals surface area contributed by atoms with Crippen LogP contribution in [0.25, 0.3) is 5.65 Å². The van der Waals surface area contributed by atoms with E-state index in [0.29, 0.717) is 22.8 Å². The van der Waals surface area contributed by atoms with E-state index in [4.69, 9.17) is 10.5 Å². The van der Waals surface area contributed by atoms with Crippen molar-refractivity contribution < 1.29 is 18.3 Å². The Kier molecular flexibility index (Phi) is 5.68. The molecule has 1 aromatic carbocycles. The molecule has 0 bridgehead atoms. The van der Waals surface area contributed by atoms with Crippen LogP contribution >= 0.6 is 0 Å². The monoisotopic (exact) mass is 456 g/mol. The summed E-state index contributed by atoms with van der Waals surface area (Å²) in [6.45, 7) is 9.48. The number of nitrogens with zero attached hydrogens (tertiary/aromatic N) is 2. The second-order valence-electron chi connectivity index (χ2n) is 9.81. The van der Waals surface area contributed by atoms with Gasteiger partial charge in [-0.15, -0.1) is 0 Å². The first kappa shape index (κ1) is 23.2. The van der Waals surface area contributed by atoms with Gasteiger partial charge in [-0.1, -0.05) is 19.9 Å². The summed E-state index contributed by atoms with van der Waals surface area (Å²) in [5.41, 5.74) is 7.81. The van der Waals surface area contributed by atoms with E-state index in [1.807, 2.05) is 13.8 Å². The standard InChI is InChI=1S/C25H30F2N4O2/c1-14-11-19(33-13-16-17(26)7-6-8-18(16)27)22-29-15(2)21(31(22)12-14)23(32)30-20-9-10-25(5,28)24(20,3)4/h6-8,11-12,20H,9-10,13,28H2,1-5H3,(H,30,32)/t20-,25+/m1/s1. The number of rotatable bonds is 5. The number of pyridine rings is 1. The van der Waals surface area contributed by atoms with Crippen LogP contribution in [0.1, 0.15) is 60.9 Å². The highest BCUT2D eigenvalue weighted by atomic mass is 19.1. The SMILES string of the molecule is Cc1cc(OCc2c(F)cccc2F)c2nc(C)c(C(=O)N[C@@H]3CC[C@](C)(N)C3(C)C)n2c1. The Morgan fingerprint density at radius 2 is 1.94 bits per heavy atom. The first-order chi connectivity index (χ1) is 15.4. The fourth-order valence-electron chi connectivity index (χ4n) is 4.56. The number of halogens is 2. The lowest BCUT2D eigenvalue weighted by atomic mass is 9.75. The van der Waals surface area contributed by atoms with Crippen molar-refractivity contribution in [1.29, 1.82) is 0 Å². The van der Waals surface area contributed by atoms with Gasteiger partial charge in [0.25, 0.3) is 5.91 Å². The summed E-state index contributed by atoms with van der Waals surface area (Å²) in [5.74, 6) is -1.25. The van der Waals surface area contributed by atoms with Crippen LogP contribution in [0.4, 0.5) is 8.78 Å². The third-order valence-electron chi connectivity index (χ3n) is 7.25. The van der Waals surface area contributed by atoms with Crippen molar-refractivity contribution in [2.45, 2.75) is 65.6 Å². The van der Waals surface area contributed by atoms with Crippen molar-refractivity contribution >= 4 is 11.6 Å². The van der Waals surface area contributed by atoms with Crippen molar-refractivity contribution in [3.8, 4) is 5.75 Å². The van der Waals surface area contributed by atoms with Gasteiger partial charge in [0.15, 0.2) is 11.4 Å². The first-order valence-electron chi connectivity index (χ1n) is 11.1. The topological polar surface area (TPSA) is 81.6 Å². The quantitative estimate of drug-likeness (QED) is 0.595. The number of imidazole rings is 1. The molecular weight excluding hydrogens is 426 g/mol. The number of fused-ring (bicyclic) bond motifs is 1. The molecule has 4 rings (SSSR count). The highest BCUT2D eigenvalue weighted by molar-refractivity contribution is 5.95. The van der Waals surface area contributed by atoms with E-state index in [9.17, 15) is 13.6 Å². The summed E-state index contributed by atoms with van der Waals surface area (Å²) in [5, 5.41) is 3.15. The van der Waals surface area contributed by atoms with Crippen LogP contribution in [0.2, 0.25) is 0 Å². The van der Waals surface area contributed by atoms with E-state index in [1.165, 1.54) is 18.2 Å². The maximum atomic E-state index is 14.0. The van der Waals surface area contributed by atoms with Gasteiger partial charge < -0.3 is 15.8 Å². The lowest BCUT2D eigenvalue weighted by molar-refractivity contribution is 0.0882. The molecular formula is C25H30F2N4O2. The van der Waals surface area contributed by atoms with Gasteiger partial charge >= 0.3 is 0 Å². The Bertz CT molecular complexity index is 1210. The summed E-state index contributed by atoms with van der Waals surface area (Å²) in [6, 6.07) is 5.34. The number of nitrogens with one attached hydrogen (secondary N) is 1. The van der Waals surface area contributed by atoms with Crippen LogP contribution in [0.3, 0.4) is 0 Å². The van der Waals surface area contributed by atoms with Crippen LogP contribution in [-0.2, 0) is 6.61 Å². The summed E-state index contributed by atoms with van der Waals surface area (Å²) in [4.78, 5) is 17.9. The molecule has 2 aromatic heterocycles. The number of hydrogen-bond acceptors (Lipinski definition) is 4. The molecule has 0 radical (unpaired) electrons. The molecule has 0 unspecified atom stereocenters. The minimum atomic E-state index is -0.677. The van der Waals surface area contributed by atoms with Crippen LogP contribution in [-0.4, -0.2) is 26.9 Å². The van der Waals surface area contributed by atoms with E-state index in [1.54, 1.807) is 23.6 Å². The fourth-order valence-corrected chi connectivity index (χ4v) is 4.56. The van der Waals surface area contributed by atoms with E-state index in [2.05, 4.69) is 24.1 Å². The zero-order chi connectivity index (χ0) is 24.1. The minimum Gasteiger partial charge on any atom is -0.485 e. The second-order valence-corrected chi connectivity index (χ2v) is 9.81. The van der Waals surface area contributed by atoms with Gasteiger partial charge in [0.1, 0.15) is 23.9 Å². The van der Waals surface area contributed by atoms with Gasteiger partial charge in [0.05, 0.1) is 11.3 Å². The van der Waals surface area contributed by atoms with E-state index < -0.39 is 11.6 Å². The van der Waals surface area contributed by atoms with Crippen molar-refractivity contribution in [1.82, 2.24) is 14.7 Å². The van der Waals surface area contributed by atoms with E-state index in [-0.39, 0.29) is 35.1 Å². The van der Waals surface area contributed by atoms with Crippen molar-refractivity contribution in [2.24, 2.45) is 11.1 Å². The number of aromatic nitrogens is 2. The van der Waals surface area contributed by atoms with Crippen molar-refractivity contribution in [2.75, 3.05) is 0 Å². The molecule has 0 saturated heterocycles. The zero-order valence-electron chi connectivity index (χ0n) is 19.6. The second kappa shape index (κ2) is 8.09. The van der Waals surface area contributed by atoms with E-state index in [0.717, 1.165) is 18.4 Å². The maximum Gasteiger partial charge on any atom is 0.270 e. The summed E-state index contributed by atoms with van der Waals surface area (Å²) < 4.78 is 35.5. The normalized spacial score (nSPS) is 22.0. The summed E-state index contributed by atoms with van der Waals surface area (Å²) in [6.07, 6.45) is 3.41. The molecule has 3 N–H and O–H groups in total. The molecule has 1 fully saturated rings. The molecule has 1 aliphatic carbocycles. The molecule has 8 heteroatoms. The number of amides is 1. The molecule has 0 aliphatic heterocycles. The van der Waals surface area contributed by atoms with Gasteiger partial charge in [-0.3, -0.25) is 9.20 Å². The smallest absolute Gasteiger partial charge is 0.270 e. The third kappa shape index (κ3) is 3.97. The predicted octanol–water partition coefficient (Wildman–Crippen LogP) is 4.44. The number of benzene rings is 1. The Hall–Kier alpha value is -3.00. The number of ether oxygens (including phenoxy) is 1. The van der Waals surface area contributed by atoms with Gasteiger partial charge in [0.2, 0.25) is 0 Å². The lowest BCUT2D eigenvalue weighted by Crippen LogP contribution is -2.54. The number of nitrogens with two attached hydrogens (primary N) is 1. The van der Waals surface area contributed by atoms with Gasteiger partial charge in [-0.2, -0.15) is 0 Å². The molecule has 2 heterocycles. The highest BCUT2D eigenvalue weighted by Crippen LogP contribution is 2.44. The van der Waals surface area contributed by atoms with Gasteiger partial charge in [-0.05, 0) is 57.4 Å². The van der Waals surface area contributed by atoms with Crippen LogP contribution < -0.4 is 15.8 Å². The van der Waals surface area contributed by atoms with Crippen LogP contribution in [0.5, 0.6) is 5.75 Å². The molecule has 3 aromatic rings. The zero-order valence-corrected chi connectivity index (χ0v) is 19.6. The molecule has 1 aliphatic rings. The van der Waals surface area contributed by atoms with Gasteiger partial charge in [0, 0.05) is 23.2 Å². The van der Waals surface area contributed by atoms with Crippen LogP contribution in [0, 0.1) is 30.9 Å². The predicted molar refractivity (Wildman–Crippen MR) is 122 cm³/mol. The number of carbonyl (C=O) groups is 1. The molecule has 1 saturated carbocycles. The molecule has 176 valence electrons. The highest BCUT2D eigenvalue weighted by Gasteiger charge is 2.49. The fraction of sp³-hybridized carbons (Fsp3) is 0.440. The Labute approximate surface area is 192 Å². The van der Waals surface area contributed by atoms with E-state index >= 15 is 0 Å². The Balaban J connectivity index is 1.65. The molecule has 0 spiro atoms. The maximum absolute atomic E-state index is 14.0. The summed E-state index contributed by atoms with van der Waals surface area (Å²) >= 11 is 0. The molecule has 1 amide bonds.